The van der Waals surface area contributed by atoms with E-state index in [-0.39, 0.29) is 0 Å². The minimum atomic E-state index is 0.597. The van der Waals surface area contributed by atoms with Crippen molar-refractivity contribution < 1.29 is 0 Å². The Morgan fingerprint density at radius 1 is 1.43 bits per heavy atom. The van der Waals surface area contributed by atoms with Gasteiger partial charge in [-0.2, -0.15) is 5.26 Å². The van der Waals surface area contributed by atoms with Crippen LogP contribution in [-0.2, 0) is 0 Å². The van der Waals surface area contributed by atoms with Crippen LogP contribution in [0.1, 0.15) is 6.92 Å². The second kappa shape index (κ2) is 18.1. The van der Waals surface area contributed by atoms with E-state index in [0.29, 0.717) is 13.1 Å². The van der Waals surface area contributed by atoms with Gasteiger partial charge in [0.25, 0.3) is 0 Å². The Kier molecular flexibility index (Phi) is 25.0. The molecule has 0 aliphatic heterocycles. The van der Waals surface area contributed by atoms with E-state index in [1.807, 2.05) is 0 Å². The van der Waals surface area contributed by atoms with E-state index in [2.05, 4.69) is 0 Å². The molecule has 7 heavy (non-hydrogen) atoms. The number of hydrogen-bond acceptors (Lipinski definition) is 3. The zero-order valence-electron chi connectivity index (χ0n) is 4.52. The molecule has 0 rings (SSSR count). The van der Waals surface area contributed by atoms with Crippen molar-refractivity contribution >= 4 is 0 Å². The highest BCUT2D eigenvalue weighted by molar-refractivity contribution is 4.51. The Labute approximate surface area is 43.9 Å². The first-order valence-corrected chi connectivity index (χ1v) is 2.04. The zero-order valence-corrected chi connectivity index (χ0v) is 4.52. The maximum Gasteiger partial charge on any atom is 0.0587 e. The molecule has 0 aliphatic carbocycles. The minimum absolute atomic E-state index is 0.597. The molecular formula is C4H11N3. The third kappa shape index (κ3) is 374. The Morgan fingerprint density at radius 3 is 1.57 bits per heavy atom. The summed E-state index contributed by atoms with van der Waals surface area (Å²) in [5.74, 6) is 0. The lowest BCUT2D eigenvalue weighted by Crippen LogP contribution is -2.11. The first kappa shape index (κ1) is 9.65. The summed E-state index contributed by atoms with van der Waals surface area (Å²) in [7, 11) is 0. The van der Waals surface area contributed by atoms with Crippen LogP contribution in [-0.4, -0.2) is 13.1 Å². The van der Waals surface area contributed by atoms with E-state index in [0.717, 1.165) is 0 Å². The average molecular weight is 101 g/mol. The number of rotatable bonds is 1. The predicted molar refractivity (Wildman–Crippen MR) is 29.4 cm³/mol. The van der Waals surface area contributed by atoms with Gasteiger partial charge >= 0.3 is 0 Å². The minimum Gasteiger partial charge on any atom is -0.329 e. The average Bonchev–Trinajstić information content (AvgIpc) is 1.69. The van der Waals surface area contributed by atoms with Crippen molar-refractivity contribution in [1.82, 2.24) is 0 Å². The fourth-order valence-electron chi connectivity index (χ4n) is 0. The highest BCUT2D eigenvalue weighted by Gasteiger charge is 1.54. The second-order valence-corrected chi connectivity index (χ2v) is 0.801. The number of nitriles is 1. The van der Waals surface area contributed by atoms with Gasteiger partial charge in [0.1, 0.15) is 0 Å². The van der Waals surface area contributed by atoms with Gasteiger partial charge in [-0.1, -0.05) is 0 Å². The second-order valence-electron chi connectivity index (χ2n) is 0.801. The summed E-state index contributed by atoms with van der Waals surface area (Å²) in [6.07, 6.45) is 0. The summed E-state index contributed by atoms with van der Waals surface area (Å²) in [5.41, 5.74) is 9.81. The predicted octanol–water partition coefficient (Wildman–Crippen LogP) is -0.566. The van der Waals surface area contributed by atoms with E-state index < -0.39 is 0 Å². The van der Waals surface area contributed by atoms with Crippen LogP contribution >= 0.6 is 0 Å². The first-order chi connectivity index (χ1) is 3.33. The molecule has 0 unspecified atom stereocenters. The smallest absolute Gasteiger partial charge is 0.0587 e. The molecule has 0 saturated heterocycles. The van der Waals surface area contributed by atoms with Gasteiger partial charge in [-0.3, -0.25) is 0 Å². The van der Waals surface area contributed by atoms with Gasteiger partial charge < -0.3 is 11.5 Å². The van der Waals surface area contributed by atoms with E-state index in [4.69, 9.17) is 16.7 Å². The van der Waals surface area contributed by atoms with Gasteiger partial charge in [0, 0.05) is 20.0 Å². The lowest BCUT2D eigenvalue weighted by atomic mass is 10.7. The maximum absolute atomic E-state index is 7.32. The maximum atomic E-state index is 7.32. The molecule has 0 spiro atoms. The van der Waals surface area contributed by atoms with Crippen molar-refractivity contribution in [3.05, 3.63) is 0 Å². The number of hydrogen-bond donors (Lipinski definition) is 2. The monoisotopic (exact) mass is 101 g/mol. The third-order valence-corrected chi connectivity index (χ3v) is 0.167. The fourth-order valence-corrected chi connectivity index (χ4v) is 0. The third-order valence-electron chi connectivity index (χ3n) is 0.167. The van der Waals surface area contributed by atoms with Gasteiger partial charge in [-0.05, 0) is 0 Å². The summed E-state index contributed by atoms with van der Waals surface area (Å²) in [6.45, 7) is 2.62. The normalized spacial score (nSPS) is 5.43. The Morgan fingerprint density at radius 2 is 1.57 bits per heavy atom. The summed E-state index contributed by atoms with van der Waals surface area (Å²) in [5, 5.41) is 7.32. The molecule has 0 aromatic carbocycles. The highest BCUT2D eigenvalue weighted by atomic mass is 14.6. The van der Waals surface area contributed by atoms with Crippen LogP contribution in [0.3, 0.4) is 0 Å². The molecule has 0 radical (unpaired) electrons. The molecule has 0 heterocycles. The summed E-state index contributed by atoms with van der Waals surface area (Å²) in [6, 6.07) is 1.75. The van der Waals surface area contributed by atoms with Crippen molar-refractivity contribution in [1.29, 1.82) is 5.26 Å². The van der Waals surface area contributed by atoms with Crippen molar-refractivity contribution in [2.24, 2.45) is 11.5 Å². The van der Waals surface area contributed by atoms with Crippen LogP contribution in [0, 0.1) is 11.3 Å². The fraction of sp³-hybridized carbons (Fsp3) is 0.750. The van der Waals surface area contributed by atoms with E-state index in [1.165, 1.54) is 6.92 Å². The van der Waals surface area contributed by atoms with E-state index in [1.54, 1.807) is 6.07 Å². The van der Waals surface area contributed by atoms with Crippen LogP contribution in [0.5, 0.6) is 0 Å². The standard InChI is InChI=1S/C2H8N2.C2H3N/c3-1-2-4;1-2-3/h1-4H2;1H3. The number of nitrogens with zero attached hydrogens (tertiary/aromatic N) is 1. The molecule has 3 nitrogen and oxygen atoms in total. The zero-order chi connectivity index (χ0) is 6.12. The van der Waals surface area contributed by atoms with E-state index in [9.17, 15) is 0 Å². The summed E-state index contributed by atoms with van der Waals surface area (Å²) < 4.78 is 0. The van der Waals surface area contributed by atoms with Crippen LogP contribution in [0.25, 0.3) is 0 Å². The Balaban J connectivity index is 0. The van der Waals surface area contributed by atoms with Crippen molar-refractivity contribution in [2.75, 3.05) is 13.1 Å². The Bertz CT molecular complexity index is 43.4. The van der Waals surface area contributed by atoms with Crippen molar-refractivity contribution in [3.8, 4) is 6.07 Å². The lowest BCUT2D eigenvalue weighted by molar-refractivity contribution is 0.976. The van der Waals surface area contributed by atoms with Crippen molar-refractivity contribution in [3.63, 3.8) is 0 Å². The van der Waals surface area contributed by atoms with Crippen molar-refractivity contribution in [2.45, 2.75) is 6.92 Å². The SMILES string of the molecule is CC#N.NCCN. The molecule has 0 fully saturated rings. The molecule has 42 valence electrons. The molecule has 0 atom stereocenters. The van der Waals surface area contributed by atoms with Crippen LogP contribution in [0.2, 0.25) is 0 Å². The molecule has 0 amide bonds. The van der Waals surface area contributed by atoms with Gasteiger partial charge in [-0.25, -0.2) is 0 Å². The Hall–Kier alpha value is -0.590. The van der Waals surface area contributed by atoms with Crippen LogP contribution < -0.4 is 11.5 Å². The lowest BCUT2D eigenvalue weighted by Gasteiger charge is -1.72. The quantitative estimate of drug-likeness (QED) is 0.464. The topological polar surface area (TPSA) is 75.8 Å². The molecule has 0 bridgehead atoms. The van der Waals surface area contributed by atoms with Crippen LogP contribution in [0.4, 0.5) is 0 Å². The molecule has 4 N–H and O–H groups in total. The highest BCUT2D eigenvalue weighted by Crippen LogP contribution is 1.24. The molecule has 0 aliphatic rings. The summed E-state index contributed by atoms with van der Waals surface area (Å²) >= 11 is 0. The van der Waals surface area contributed by atoms with Gasteiger partial charge in [0.15, 0.2) is 0 Å². The molecule has 0 aromatic heterocycles. The molecular weight excluding hydrogens is 90.1 g/mol. The largest absolute Gasteiger partial charge is 0.329 e. The van der Waals surface area contributed by atoms with Gasteiger partial charge in [-0.15, -0.1) is 0 Å². The van der Waals surface area contributed by atoms with Gasteiger partial charge in [0.2, 0.25) is 0 Å². The molecule has 0 aromatic rings. The molecule has 0 saturated carbocycles. The summed E-state index contributed by atoms with van der Waals surface area (Å²) in [4.78, 5) is 0. The molecule has 3 heteroatoms. The van der Waals surface area contributed by atoms with Gasteiger partial charge in [0.05, 0.1) is 6.07 Å². The number of nitrogens with two attached hydrogens (primary N) is 2. The first-order valence-electron chi connectivity index (χ1n) is 2.04. The van der Waals surface area contributed by atoms with Crippen LogP contribution in [0.15, 0.2) is 0 Å². The van der Waals surface area contributed by atoms with E-state index >= 15 is 0 Å².